The molecule has 2 atom stereocenters. The van der Waals surface area contributed by atoms with Gasteiger partial charge >= 0.3 is 0 Å². The maximum absolute atomic E-state index is 12.0. The monoisotopic (exact) mass is 355 g/mol. The average molecular weight is 356 g/mol. The predicted molar refractivity (Wildman–Crippen MR) is 94.5 cm³/mol. The van der Waals surface area contributed by atoms with Crippen LogP contribution in [0.25, 0.3) is 0 Å². The van der Waals surface area contributed by atoms with Crippen LogP contribution >= 0.6 is 12.4 Å². The Balaban J connectivity index is 0.00000208. The number of benzene rings is 1. The third-order valence-electron chi connectivity index (χ3n) is 4.95. The smallest absolute Gasteiger partial charge is 0.163 e. The van der Waals surface area contributed by atoms with E-state index in [1.165, 1.54) is 6.92 Å². The number of aliphatic hydroxyl groups excluding tert-OH is 1. The van der Waals surface area contributed by atoms with Gasteiger partial charge in [0.25, 0.3) is 0 Å². The van der Waals surface area contributed by atoms with Crippen molar-refractivity contribution in [1.29, 1.82) is 0 Å². The van der Waals surface area contributed by atoms with Crippen LogP contribution in [0.15, 0.2) is 12.1 Å². The summed E-state index contributed by atoms with van der Waals surface area (Å²) in [5.74, 6) is 1.16. The van der Waals surface area contributed by atoms with E-state index < -0.39 is 11.7 Å². The van der Waals surface area contributed by atoms with Crippen LogP contribution in [0.1, 0.15) is 55.6 Å². The van der Waals surface area contributed by atoms with E-state index >= 15 is 0 Å². The van der Waals surface area contributed by atoms with E-state index in [4.69, 9.17) is 9.47 Å². The number of fused-ring (bicyclic) bond motifs is 1. The van der Waals surface area contributed by atoms with Crippen LogP contribution in [0.3, 0.4) is 0 Å². The Hall–Kier alpha value is -1.30. The Labute approximate surface area is 149 Å². The molecular weight excluding hydrogens is 330 g/mol. The first kappa shape index (κ1) is 19.0. The van der Waals surface area contributed by atoms with Crippen molar-refractivity contribution in [3.05, 3.63) is 23.3 Å². The van der Waals surface area contributed by atoms with Crippen molar-refractivity contribution in [3.63, 3.8) is 0 Å². The summed E-state index contributed by atoms with van der Waals surface area (Å²) < 4.78 is 11.4. The number of carbonyl (C=O) groups is 1. The maximum atomic E-state index is 12.0. The molecule has 6 heteroatoms. The molecule has 1 N–H and O–H groups in total. The standard InChI is InChI=1S/C18H25NO4.ClH/c1-11(20)12-9-13-15(10-14(12)22-4)23-18(2,3)17(21)16(13)19-7-5-6-8-19;/h9-10,16-17,21H,5-8H2,1-4H3;1H/t16-,17+;/m1./s1. The van der Waals surface area contributed by atoms with Gasteiger partial charge in [0, 0.05) is 11.6 Å². The zero-order valence-electron chi connectivity index (χ0n) is 14.7. The van der Waals surface area contributed by atoms with Crippen molar-refractivity contribution in [2.24, 2.45) is 0 Å². The zero-order valence-corrected chi connectivity index (χ0v) is 15.5. The lowest BCUT2D eigenvalue weighted by molar-refractivity contribution is -0.0896. The van der Waals surface area contributed by atoms with E-state index in [-0.39, 0.29) is 24.2 Å². The number of rotatable bonds is 3. The fourth-order valence-electron chi connectivity index (χ4n) is 3.65. The fourth-order valence-corrected chi connectivity index (χ4v) is 3.65. The molecule has 0 aliphatic carbocycles. The Morgan fingerprint density at radius 3 is 2.50 bits per heavy atom. The van der Waals surface area contributed by atoms with Gasteiger partial charge < -0.3 is 14.6 Å². The molecule has 3 rings (SSSR count). The van der Waals surface area contributed by atoms with E-state index in [1.807, 2.05) is 19.9 Å². The van der Waals surface area contributed by atoms with Gasteiger partial charge in [-0.25, -0.2) is 0 Å². The second-order valence-electron chi connectivity index (χ2n) is 6.98. The number of carbonyl (C=O) groups excluding carboxylic acids is 1. The number of ether oxygens (including phenoxy) is 2. The number of hydrogen-bond acceptors (Lipinski definition) is 5. The number of Topliss-reactive ketones (excluding diaryl/α,β-unsaturated/α-hetero) is 1. The van der Waals surface area contributed by atoms with E-state index in [0.717, 1.165) is 31.5 Å². The molecule has 0 spiro atoms. The van der Waals surface area contributed by atoms with Gasteiger partial charge in [0.05, 0.1) is 18.7 Å². The minimum Gasteiger partial charge on any atom is -0.496 e. The summed E-state index contributed by atoms with van der Waals surface area (Å²) in [5, 5.41) is 10.9. The average Bonchev–Trinajstić information content (AvgIpc) is 3.00. The molecule has 0 radical (unpaired) electrons. The molecule has 1 saturated heterocycles. The third-order valence-corrected chi connectivity index (χ3v) is 4.95. The summed E-state index contributed by atoms with van der Waals surface area (Å²) in [6.45, 7) is 7.24. The van der Waals surface area contributed by atoms with Crippen molar-refractivity contribution >= 4 is 18.2 Å². The predicted octanol–water partition coefficient (Wildman–Crippen LogP) is 2.99. The number of methoxy groups -OCH3 is 1. The van der Waals surface area contributed by atoms with Crippen LogP contribution in [-0.2, 0) is 0 Å². The van der Waals surface area contributed by atoms with Crippen LogP contribution in [0.2, 0.25) is 0 Å². The van der Waals surface area contributed by atoms with Crippen molar-refractivity contribution in [3.8, 4) is 11.5 Å². The molecule has 2 aliphatic rings. The molecule has 0 aromatic heterocycles. The number of halogens is 1. The van der Waals surface area contributed by atoms with Crippen LogP contribution in [0, 0.1) is 0 Å². The lowest BCUT2D eigenvalue weighted by Crippen LogP contribution is -2.53. The zero-order chi connectivity index (χ0) is 16.8. The van der Waals surface area contributed by atoms with Gasteiger partial charge in [0.1, 0.15) is 23.2 Å². The van der Waals surface area contributed by atoms with Crippen molar-refractivity contribution in [2.45, 2.75) is 51.4 Å². The van der Waals surface area contributed by atoms with Gasteiger partial charge in [-0.1, -0.05) is 0 Å². The van der Waals surface area contributed by atoms with Crippen LogP contribution in [0.5, 0.6) is 11.5 Å². The van der Waals surface area contributed by atoms with Gasteiger partial charge in [-0.3, -0.25) is 9.69 Å². The van der Waals surface area contributed by atoms with E-state index in [2.05, 4.69) is 4.90 Å². The Kier molecular flexibility index (Phi) is 5.47. The Morgan fingerprint density at radius 2 is 1.96 bits per heavy atom. The quantitative estimate of drug-likeness (QED) is 0.845. The molecule has 24 heavy (non-hydrogen) atoms. The lowest BCUT2D eigenvalue weighted by atomic mass is 9.84. The molecular formula is C18H26ClNO4. The molecule has 1 aromatic rings. The highest BCUT2D eigenvalue weighted by atomic mass is 35.5. The Morgan fingerprint density at radius 1 is 1.33 bits per heavy atom. The van der Waals surface area contributed by atoms with E-state index in [0.29, 0.717) is 17.1 Å². The second-order valence-corrected chi connectivity index (χ2v) is 6.98. The van der Waals surface area contributed by atoms with Crippen LogP contribution < -0.4 is 9.47 Å². The summed E-state index contributed by atoms with van der Waals surface area (Å²) in [4.78, 5) is 14.2. The van der Waals surface area contributed by atoms with Gasteiger partial charge in [0.2, 0.25) is 0 Å². The Bertz CT molecular complexity index is 626. The summed E-state index contributed by atoms with van der Waals surface area (Å²) >= 11 is 0. The molecule has 2 heterocycles. The molecule has 0 amide bonds. The van der Waals surface area contributed by atoms with Crippen LogP contribution in [-0.4, -0.2) is 47.7 Å². The van der Waals surface area contributed by atoms with Crippen molar-refractivity contribution < 1.29 is 19.4 Å². The summed E-state index contributed by atoms with van der Waals surface area (Å²) in [7, 11) is 1.55. The number of hydrogen-bond donors (Lipinski definition) is 1. The largest absolute Gasteiger partial charge is 0.496 e. The highest BCUT2D eigenvalue weighted by Crippen LogP contribution is 2.46. The van der Waals surface area contributed by atoms with E-state index in [1.54, 1.807) is 13.2 Å². The first-order valence-corrected chi connectivity index (χ1v) is 8.19. The maximum Gasteiger partial charge on any atom is 0.163 e. The topological polar surface area (TPSA) is 59.0 Å². The molecule has 0 unspecified atom stereocenters. The molecule has 5 nitrogen and oxygen atoms in total. The lowest BCUT2D eigenvalue weighted by Gasteiger charge is -2.45. The highest BCUT2D eigenvalue weighted by Gasteiger charge is 2.46. The molecule has 1 aromatic carbocycles. The SMILES string of the molecule is COc1cc2c(cc1C(C)=O)[C@@H](N1CCCC1)[C@H](O)C(C)(C)O2.Cl. The van der Waals surface area contributed by atoms with Gasteiger partial charge in [0.15, 0.2) is 5.78 Å². The number of ketones is 1. The normalized spacial score (nSPS) is 25.4. The summed E-state index contributed by atoms with van der Waals surface area (Å²) in [5.41, 5.74) is 0.721. The molecule has 0 bridgehead atoms. The highest BCUT2D eigenvalue weighted by molar-refractivity contribution is 5.97. The first-order chi connectivity index (χ1) is 10.8. The van der Waals surface area contributed by atoms with Crippen molar-refractivity contribution in [2.75, 3.05) is 20.2 Å². The molecule has 134 valence electrons. The van der Waals surface area contributed by atoms with Gasteiger partial charge in [-0.05, 0) is 52.8 Å². The number of nitrogens with zero attached hydrogens (tertiary/aromatic N) is 1. The van der Waals surface area contributed by atoms with Crippen molar-refractivity contribution in [1.82, 2.24) is 4.90 Å². The third kappa shape index (κ3) is 3.13. The minimum atomic E-state index is -0.691. The second kappa shape index (κ2) is 6.90. The number of aliphatic hydroxyl groups is 1. The summed E-state index contributed by atoms with van der Waals surface area (Å²) in [6, 6.07) is 3.46. The van der Waals surface area contributed by atoms with Crippen LogP contribution in [0.4, 0.5) is 0 Å². The summed E-state index contributed by atoms with van der Waals surface area (Å²) in [6.07, 6.45) is 1.62. The first-order valence-electron chi connectivity index (χ1n) is 8.19. The number of likely N-dealkylation sites (tertiary alicyclic amines) is 1. The van der Waals surface area contributed by atoms with Gasteiger partial charge in [-0.15, -0.1) is 12.4 Å². The molecule has 2 aliphatic heterocycles. The van der Waals surface area contributed by atoms with E-state index in [9.17, 15) is 9.90 Å². The minimum absolute atomic E-state index is 0. The molecule has 1 fully saturated rings. The van der Waals surface area contributed by atoms with Gasteiger partial charge in [-0.2, -0.15) is 0 Å². The fraction of sp³-hybridized carbons (Fsp3) is 0.611. The molecule has 0 saturated carbocycles.